The van der Waals surface area contributed by atoms with Crippen molar-refractivity contribution in [3.8, 4) is 11.3 Å². The number of carbonyl (C=O) groups excluding carboxylic acids is 1. The summed E-state index contributed by atoms with van der Waals surface area (Å²) in [5.74, 6) is -0.364. The van der Waals surface area contributed by atoms with Gasteiger partial charge in [-0.15, -0.1) is 0 Å². The molecule has 2 heterocycles. The third-order valence-electron chi connectivity index (χ3n) is 4.28. The molecule has 4 rings (SSSR count). The zero-order valence-electron chi connectivity index (χ0n) is 13.7. The summed E-state index contributed by atoms with van der Waals surface area (Å²) in [4.78, 5) is 16.8. The van der Waals surface area contributed by atoms with Crippen molar-refractivity contribution in [2.75, 3.05) is 0 Å². The highest BCUT2D eigenvalue weighted by Crippen LogP contribution is 2.37. The van der Waals surface area contributed by atoms with E-state index in [1.165, 1.54) is 24.3 Å². The zero-order valence-corrected chi connectivity index (χ0v) is 13.7. The lowest BCUT2D eigenvalue weighted by Gasteiger charge is -2.13. The second-order valence-electron chi connectivity index (χ2n) is 6.29. The predicted octanol–water partition coefficient (Wildman–Crippen LogP) is 4.11. The van der Waals surface area contributed by atoms with Crippen molar-refractivity contribution in [3.05, 3.63) is 47.2 Å². The maximum atomic E-state index is 13.3. The summed E-state index contributed by atoms with van der Waals surface area (Å²) in [7, 11) is 0. The summed E-state index contributed by atoms with van der Waals surface area (Å²) >= 11 is 0. The normalized spacial score (nSPS) is 14.6. The number of nitrogens with zero attached hydrogens (tertiary/aromatic N) is 2. The molecule has 1 amide bonds. The fraction of sp³-hybridized carbons (Fsp3) is 0.278. The van der Waals surface area contributed by atoms with Crippen LogP contribution < -0.4 is 5.32 Å². The van der Waals surface area contributed by atoms with E-state index in [1.54, 1.807) is 6.92 Å². The summed E-state index contributed by atoms with van der Waals surface area (Å²) in [5.41, 5.74) is -0.203. The number of hydrogen-bond donors (Lipinski definition) is 1. The molecular weight excluding hydrogens is 347 g/mol. The number of amides is 1. The average molecular weight is 361 g/mol. The highest BCUT2D eigenvalue weighted by molar-refractivity contribution is 6.07. The molecule has 8 heteroatoms. The lowest BCUT2D eigenvalue weighted by molar-refractivity contribution is -0.137. The molecule has 2 aromatic heterocycles. The number of aryl methyl sites for hydroxylation is 1. The first kappa shape index (κ1) is 16.6. The van der Waals surface area contributed by atoms with E-state index in [-0.39, 0.29) is 34.5 Å². The van der Waals surface area contributed by atoms with Crippen LogP contribution in [0.4, 0.5) is 13.2 Å². The summed E-state index contributed by atoms with van der Waals surface area (Å²) in [6.45, 7) is 1.66. The van der Waals surface area contributed by atoms with Gasteiger partial charge in [0.25, 0.3) is 11.6 Å². The molecule has 1 aromatic carbocycles. The minimum atomic E-state index is -4.54. The molecule has 0 bridgehead atoms. The van der Waals surface area contributed by atoms with Crippen LogP contribution in [0.3, 0.4) is 0 Å². The Bertz CT molecular complexity index is 1010. The second-order valence-corrected chi connectivity index (χ2v) is 6.29. The van der Waals surface area contributed by atoms with Crippen molar-refractivity contribution in [3.63, 3.8) is 0 Å². The Morgan fingerprint density at radius 2 is 2.00 bits per heavy atom. The number of halogens is 3. The van der Waals surface area contributed by atoms with Gasteiger partial charge in [0.05, 0.1) is 27.9 Å². The first-order chi connectivity index (χ1) is 12.3. The number of fused-ring (bicyclic) bond motifs is 1. The first-order valence-electron chi connectivity index (χ1n) is 8.09. The van der Waals surface area contributed by atoms with Crippen molar-refractivity contribution in [2.45, 2.75) is 32.0 Å². The third-order valence-corrected chi connectivity index (χ3v) is 4.28. The zero-order chi connectivity index (χ0) is 18.5. The fourth-order valence-corrected chi connectivity index (χ4v) is 2.86. The SMILES string of the molecule is Cc1noc2nc(-c3ccccc3C(F)(F)F)cc(C(=O)NC3CC3)c12. The molecule has 5 nitrogen and oxygen atoms in total. The van der Waals surface area contributed by atoms with Gasteiger partial charge in [0.2, 0.25) is 0 Å². The maximum absolute atomic E-state index is 13.3. The molecule has 0 unspecified atom stereocenters. The summed E-state index contributed by atoms with van der Waals surface area (Å²) in [6.07, 6.45) is -2.75. The minimum Gasteiger partial charge on any atom is -0.349 e. The van der Waals surface area contributed by atoms with Gasteiger partial charge in [-0.1, -0.05) is 23.4 Å². The smallest absolute Gasteiger partial charge is 0.349 e. The fourth-order valence-electron chi connectivity index (χ4n) is 2.86. The summed E-state index contributed by atoms with van der Waals surface area (Å²) < 4.78 is 45.2. The Morgan fingerprint density at radius 3 is 2.69 bits per heavy atom. The van der Waals surface area contributed by atoms with Crippen LogP contribution in [-0.4, -0.2) is 22.1 Å². The van der Waals surface area contributed by atoms with Gasteiger partial charge in [-0.2, -0.15) is 13.2 Å². The van der Waals surface area contributed by atoms with Gasteiger partial charge < -0.3 is 9.84 Å². The number of alkyl halides is 3. The lowest BCUT2D eigenvalue weighted by Crippen LogP contribution is -2.25. The third kappa shape index (κ3) is 2.91. The Balaban J connectivity index is 1.91. The highest BCUT2D eigenvalue weighted by Gasteiger charge is 2.34. The molecule has 134 valence electrons. The van der Waals surface area contributed by atoms with Gasteiger partial charge in [0.15, 0.2) is 0 Å². The first-order valence-corrected chi connectivity index (χ1v) is 8.09. The standard InChI is InChI=1S/C18H14F3N3O2/c1-9-15-12(16(25)22-10-6-7-10)8-14(23-17(15)26-24-9)11-4-2-3-5-13(11)18(19,20)21/h2-5,8,10H,6-7H2,1H3,(H,22,25). The highest BCUT2D eigenvalue weighted by atomic mass is 19.4. The van der Waals surface area contributed by atoms with Crippen LogP contribution in [0.2, 0.25) is 0 Å². The number of pyridine rings is 1. The molecular formula is C18H14F3N3O2. The number of hydrogen-bond acceptors (Lipinski definition) is 4. The Labute approximate surface area is 146 Å². The van der Waals surface area contributed by atoms with Crippen molar-refractivity contribution in [2.24, 2.45) is 0 Å². The van der Waals surface area contributed by atoms with E-state index in [1.807, 2.05) is 0 Å². The summed E-state index contributed by atoms with van der Waals surface area (Å²) in [5, 5.41) is 7.06. The topological polar surface area (TPSA) is 68.0 Å². The molecule has 26 heavy (non-hydrogen) atoms. The number of rotatable bonds is 3. The largest absolute Gasteiger partial charge is 0.417 e. The van der Waals surface area contributed by atoms with Gasteiger partial charge in [0.1, 0.15) is 0 Å². The lowest BCUT2D eigenvalue weighted by atomic mass is 10.0. The molecule has 1 N–H and O–H groups in total. The van der Waals surface area contributed by atoms with Crippen LogP contribution in [0.15, 0.2) is 34.9 Å². The number of benzene rings is 1. The Morgan fingerprint density at radius 1 is 1.27 bits per heavy atom. The van der Waals surface area contributed by atoms with Gasteiger partial charge in [0, 0.05) is 11.6 Å². The Hall–Kier alpha value is -2.90. The molecule has 0 aliphatic heterocycles. The van der Waals surface area contributed by atoms with Crippen LogP contribution in [0.1, 0.15) is 34.5 Å². The van der Waals surface area contributed by atoms with Crippen molar-refractivity contribution < 1.29 is 22.5 Å². The van der Waals surface area contributed by atoms with E-state index in [0.717, 1.165) is 18.9 Å². The maximum Gasteiger partial charge on any atom is 0.417 e. The minimum absolute atomic E-state index is 0.0162. The van der Waals surface area contributed by atoms with Crippen molar-refractivity contribution in [1.82, 2.24) is 15.5 Å². The molecule has 1 aliphatic carbocycles. The van der Waals surface area contributed by atoms with Crippen molar-refractivity contribution in [1.29, 1.82) is 0 Å². The van der Waals surface area contributed by atoms with Crippen LogP contribution >= 0.6 is 0 Å². The van der Waals surface area contributed by atoms with Gasteiger partial charge in [-0.05, 0) is 31.9 Å². The van der Waals surface area contributed by atoms with Crippen LogP contribution in [0.25, 0.3) is 22.4 Å². The molecule has 0 radical (unpaired) electrons. The Kier molecular flexibility index (Phi) is 3.71. The van der Waals surface area contributed by atoms with Gasteiger partial charge in [-0.25, -0.2) is 4.98 Å². The quantitative estimate of drug-likeness (QED) is 0.762. The van der Waals surface area contributed by atoms with Gasteiger partial charge >= 0.3 is 6.18 Å². The van der Waals surface area contributed by atoms with E-state index in [0.29, 0.717) is 11.1 Å². The van der Waals surface area contributed by atoms with Gasteiger partial charge in [-0.3, -0.25) is 4.79 Å². The number of carbonyl (C=O) groups is 1. The molecule has 0 atom stereocenters. The van der Waals surface area contributed by atoms with Crippen LogP contribution in [0, 0.1) is 6.92 Å². The van der Waals surface area contributed by atoms with E-state index in [9.17, 15) is 18.0 Å². The molecule has 3 aromatic rings. The molecule has 1 fully saturated rings. The monoisotopic (exact) mass is 361 g/mol. The molecule has 0 saturated heterocycles. The van der Waals surface area contributed by atoms with E-state index in [4.69, 9.17) is 4.52 Å². The molecule has 0 spiro atoms. The average Bonchev–Trinajstić information content (AvgIpc) is 3.34. The van der Waals surface area contributed by atoms with Crippen LogP contribution in [-0.2, 0) is 6.18 Å². The van der Waals surface area contributed by atoms with E-state index < -0.39 is 11.7 Å². The summed E-state index contributed by atoms with van der Waals surface area (Å²) in [6, 6.07) is 6.58. The van der Waals surface area contributed by atoms with E-state index in [2.05, 4.69) is 15.5 Å². The number of aromatic nitrogens is 2. The molecule has 1 aliphatic rings. The van der Waals surface area contributed by atoms with Crippen molar-refractivity contribution >= 4 is 17.0 Å². The predicted molar refractivity (Wildman–Crippen MR) is 87.5 cm³/mol. The molecule has 1 saturated carbocycles. The second kappa shape index (κ2) is 5.82. The number of nitrogens with one attached hydrogen (secondary N) is 1. The van der Waals surface area contributed by atoms with Crippen LogP contribution in [0.5, 0.6) is 0 Å². The van der Waals surface area contributed by atoms with E-state index >= 15 is 0 Å².